The Morgan fingerprint density at radius 3 is 2.67 bits per heavy atom. The van der Waals surface area contributed by atoms with Crippen LogP contribution in [0.5, 0.6) is 0 Å². The third-order valence-corrected chi connectivity index (χ3v) is 3.21. The van der Waals surface area contributed by atoms with Crippen molar-refractivity contribution in [3.8, 4) is 0 Å². The van der Waals surface area contributed by atoms with Gasteiger partial charge in [0.2, 0.25) is 5.91 Å². The highest BCUT2D eigenvalue weighted by molar-refractivity contribution is 5.81. The highest BCUT2D eigenvalue weighted by Gasteiger charge is 2.45. The van der Waals surface area contributed by atoms with Crippen LogP contribution in [0.15, 0.2) is 0 Å². The van der Waals surface area contributed by atoms with Crippen molar-refractivity contribution in [2.75, 3.05) is 0 Å². The molecule has 2 rings (SSSR count). The molecule has 1 N–H and O–H groups in total. The highest BCUT2D eigenvalue weighted by atomic mass is 16.2. The Labute approximate surface area is 73.1 Å². The van der Waals surface area contributed by atoms with Gasteiger partial charge in [0.25, 0.3) is 0 Å². The fourth-order valence-corrected chi connectivity index (χ4v) is 2.27. The summed E-state index contributed by atoms with van der Waals surface area (Å²) in [5.74, 6) is 0.543. The lowest BCUT2D eigenvalue weighted by molar-refractivity contribution is -0.132. The highest BCUT2D eigenvalue weighted by Crippen LogP contribution is 2.30. The molecule has 0 spiro atoms. The maximum Gasteiger partial charge on any atom is 0.227 e. The first-order valence-corrected chi connectivity index (χ1v) is 4.69. The summed E-state index contributed by atoms with van der Waals surface area (Å²) >= 11 is 0. The van der Waals surface area contributed by atoms with Crippen LogP contribution in [-0.2, 0) is 4.79 Å². The van der Waals surface area contributed by atoms with E-state index in [0.717, 1.165) is 6.42 Å². The smallest absolute Gasteiger partial charge is 0.227 e. The molecule has 2 aliphatic rings. The van der Waals surface area contributed by atoms with Crippen LogP contribution in [0.2, 0.25) is 0 Å². The van der Waals surface area contributed by atoms with Crippen LogP contribution >= 0.6 is 0 Å². The molecule has 0 aromatic carbocycles. The molecular weight excluding hydrogens is 152 g/mol. The van der Waals surface area contributed by atoms with E-state index in [4.69, 9.17) is 0 Å². The number of hydrogen-bond acceptors (Lipinski definition) is 2. The minimum absolute atomic E-state index is 0.220. The van der Waals surface area contributed by atoms with Crippen molar-refractivity contribution >= 4 is 5.91 Å². The first-order valence-electron chi connectivity index (χ1n) is 4.69. The van der Waals surface area contributed by atoms with Crippen molar-refractivity contribution < 1.29 is 4.79 Å². The molecule has 1 amide bonds. The van der Waals surface area contributed by atoms with Crippen LogP contribution < -0.4 is 5.32 Å². The fourth-order valence-electron chi connectivity index (χ4n) is 2.27. The zero-order valence-corrected chi connectivity index (χ0v) is 7.87. The molecule has 3 nitrogen and oxygen atoms in total. The number of nitrogens with one attached hydrogen (secondary N) is 1. The SMILES string of the molecule is CC1CC2NC(C)C(C)N2C1=O. The molecule has 2 saturated heterocycles. The van der Waals surface area contributed by atoms with Gasteiger partial charge in [-0.25, -0.2) is 0 Å². The van der Waals surface area contributed by atoms with Gasteiger partial charge in [0.1, 0.15) is 0 Å². The van der Waals surface area contributed by atoms with E-state index in [1.807, 2.05) is 11.8 Å². The molecule has 4 unspecified atom stereocenters. The molecular formula is C9H16N2O. The molecule has 4 atom stereocenters. The van der Waals surface area contributed by atoms with Crippen LogP contribution in [0.1, 0.15) is 27.2 Å². The van der Waals surface area contributed by atoms with Crippen LogP contribution in [0.4, 0.5) is 0 Å². The Morgan fingerprint density at radius 2 is 2.08 bits per heavy atom. The third-order valence-electron chi connectivity index (χ3n) is 3.21. The number of nitrogens with zero attached hydrogens (tertiary/aromatic N) is 1. The summed E-state index contributed by atoms with van der Waals surface area (Å²) in [5.41, 5.74) is 0. The fraction of sp³-hybridized carbons (Fsp3) is 0.889. The van der Waals surface area contributed by atoms with Crippen molar-refractivity contribution in [1.82, 2.24) is 10.2 Å². The topological polar surface area (TPSA) is 32.3 Å². The third kappa shape index (κ3) is 0.891. The summed E-state index contributed by atoms with van der Waals surface area (Å²) in [6.07, 6.45) is 1.30. The van der Waals surface area contributed by atoms with Gasteiger partial charge in [-0.2, -0.15) is 0 Å². The van der Waals surface area contributed by atoms with Crippen LogP contribution in [0.3, 0.4) is 0 Å². The lowest BCUT2D eigenvalue weighted by Crippen LogP contribution is -2.36. The average molecular weight is 168 g/mol. The first-order chi connectivity index (χ1) is 5.61. The Morgan fingerprint density at radius 1 is 1.42 bits per heavy atom. The van der Waals surface area contributed by atoms with Crippen LogP contribution in [0.25, 0.3) is 0 Å². The predicted molar refractivity (Wildman–Crippen MR) is 46.5 cm³/mol. The lowest BCUT2D eigenvalue weighted by Gasteiger charge is -2.20. The maximum atomic E-state index is 11.6. The van der Waals surface area contributed by atoms with Gasteiger partial charge in [0.05, 0.1) is 6.17 Å². The van der Waals surface area contributed by atoms with Crippen molar-refractivity contribution in [1.29, 1.82) is 0 Å². The summed E-state index contributed by atoms with van der Waals surface area (Å²) in [6, 6.07) is 0.818. The van der Waals surface area contributed by atoms with Gasteiger partial charge >= 0.3 is 0 Å². The van der Waals surface area contributed by atoms with Gasteiger partial charge in [-0.05, 0) is 20.3 Å². The van der Waals surface area contributed by atoms with E-state index >= 15 is 0 Å². The predicted octanol–water partition coefficient (Wildman–Crippen LogP) is 0.561. The van der Waals surface area contributed by atoms with E-state index in [1.54, 1.807) is 0 Å². The molecule has 0 aromatic heterocycles. The maximum absolute atomic E-state index is 11.6. The second-order valence-electron chi connectivity index (χ2n) is 4.09. The molecule has 0 radical (unpaired) electrons. The van der Waals surface area contributed by atoms with Crippen molar-refractivity contribution in [2.45, 2.75) is 45.4 Å². The molecule has 2 heterocycles. The standard InChI is InChI=1S/C9H16N2O/c1-5-4-8-10-6(2)7(3)11(8)9(5)12/h5-8,10H,4H2,1-3H3. The quantitative estimate of drug-likeness (QED) is 0.573. The minimum atomic E-state index is 0.220. The minimum Gasteiger partial charge on any atom is -0.323 e. The van der Waals surface area contributed by atoms with Crippen molar-refractivity contribution in [3.63, 3.8) is 0 Å². The summed E-state index contributed by atoms with van der Waals surface area (Å²) < 4.78 is 0. The molecule has 0 saturated carbocycles. The molecule has 0 aliphatic carbocycles. The molecule has 3 heteroatoms. The molecule has 2 fully saturated rings. The number of rotatable bonds is 0. The van der Waals surface area contributed by atoms with Gasteiger partial charge < -0.3 is 4.90 Å². The number of hydrogen-bond donors (Lipinski definition) is 1. The van der Waals surface area contributed by atoms with Gasteiger partial charge in [-0.3, -0.25) is 10.1 Å². The molecule has 12 heavy (non-hydrogen) atoms. The molecule has 68 valence electrons. The van der Waals surface area contributed by atoms with Crippen LogP contribution in [-0.4, -0.2) is 29.1 Å². The Balaban J connectivity index is 2.21. The monoisotopic (exact) mass is 168 g/mol. The van der Waals surface area contributed by atoms with Crippen molar-refractivity contribution in [3.05, 3.63) is 0 Å². The number of fused-ring (bicyclic) bond motifs is 1. The molecule has 0 bridgehead atoms. The summed E-state index contributed by atoms with van der Waals surface area (Å²) in [4.78, 5) is 13.6. The van der Waals surface area contributed by atoms with E-state index in [0.29, 0.717) is 24.2 Å². The normalized spacial score (nSPS) is 46.9. The zero-order chi connectivity index (χ0) is 8.88. The van der Waals surface area contributed by atoms with Gasteiger partial charge in [-0.15, -0.1) is 0 Å². The average Bonchev–Trinajstić information content (AvgIpc) is 2.40. The van der Waals surface area contributed by atoms with Gasteiger partial charge in [0, 0.05) is 18.0 Å². The Hall–Kier alpha value is -0.570. The zero-order valence-electron chi connectivity index (χ0n) is 7.87. The van der Waals surface area contributed by atoms with Crippen molar-refractivity contribution in [2.24, 2.45) is 5.92 Å². The second-order valence-corrected chi connectivity index (χ2v) is 4.09. The number of amides is 1. The Bertz CT molecular complexity index is 217. The van der Waals surface area contributed by atoms with E-state index in [1.165, 1.54) is 0 Å². The van der Waals surface area contributed by atoms with E-state index < -0.39 is 0 Å². The number of carbonyl (C=O) groups excluding carboxylic acids is 1. The number of carbonyl (C=O) groups is 1. The summed E-state index contributed by atoms with van der Waals surface area (Å²) in [7, 11) is 0. The largest absolute Gasteiger partial charge is 0.323 e. The van der Waals surface area contributed by atoms with Gasteiger partial charge in [0.15, 0.2) is 0 Å². The second kappa shape index (κ2) is 2.46. The van der Waals surface area contributed by atoms with E-state index in [9.17, 15) is 4.79 Å². The Kier molecular flexibility index (Phi) is 1.65. The molecule has 2 aliphatic heterocycles. The van der Waals surface area contributed by atoms with E-state index in [2.05, 4.69) is 19.2 Å². The van der Waals surface area contributed by atoms with E-state index in [-0.39, 0.29) is 5.92 Å². The molecule has 0 aromatic rings. The summed E-state index contributed by atoms with van der Waals surface area (Å²) in [6.45, 7) is 6.27. The van der Waals surface area contributed by atoms with Gasteiger partial charge in [-0.1, -0.05) is 6.92 Å². The lowest BCUT2D eigenvalue weighted by atomic mass is 10.1. The van der Waals surface area contributed by atoms with Crippen LogP contribution in [0, 0.1) is 5.92 Å². The summed E-state index contributed by atoms with van der Waals surface area (Å²) in [5, 5.41) is 3.43. The first kappa shape index (κ1) is 8.05.